The standard InChI is InChI=1S/C5H5ClF4/c1-3(2-6)4(7)5(8,9)10/h4H,1-2H2. The van der Waals surface area contributed by atoms with Crippen molar-refractivity contribution in [1.82, 2.24) is 0 Å². The molecule has 0 heterocycles. The third-order valence-electron chi connectivity index (χ3n) is 0.817. The molecular weight excluding hydrogens is 171 g/mol. The van der Waals surface area contributed by atoms with Gasteiger partial charge in [0.15, 0.2) is 0 Å². The van der Waals surface area contributed by atoms with Gasteiger partial charge >= 0.3 is 6.18 Å². The molecule has 60 valence electrons. The second-order valence-corrected chi connectivity index (χ2v) is 1.96. The van der Waals surface area contributed by atoms with Crippen molar-refractivity contribution in [2.24, 2.45) is 0 Å². The van der Waals surface area contributed by atoms with E-state index in [4.69, 9.17) is 11.6 Å². The van der Waals surface area contributed by atoms with Gasteiger partial charge in [0.1, 0.15) is 0 Å². The molecule has 0 spiro atoms. The summed E-state index contributed by atoms with van der Waals surface area (Å²) in [5, 5.41) is 0. The fourth-order valence-electron chi connectivity index (χ4n) is 0.299. The highest BCUT2D eigenvalue weighted by molar-refractivity contribution is 6.19. The van der Waals surface area contributed by atoms with Gasteiger partial charge in [-0.2, -0.15) is 13.2 Å². The molecule has 0 saturated heterocycles. The van der Waals surface area contributed by atoms with E-state index in [1.54, 1.807) is 0 Å². The largest absolute Gasteiger partial charge is 0.423 e. The first-order valence-corrected chi connectivity index (χ1v) is 2.87. The fourth-order valence-corrected chi connectivity index (χ4v) is 0.435. The predicted molar refractivity (Wildman–Crippen MR) is 30.8 cm³/mol. The zero-order chi connectivity index (χ0) is 8.36. The molecule has 0 nitrogen and oxygen atoms in total. The molecule has 1 atom stereocenters. The summed E-state index contributed by atoms with van der Waals surface area (Å²) < 4.78 is 46.2. The van der Waals surface area contributed by atoms with Crippen LogP contribution in [0.15, 0.2) is 12.2 Å². The van der Waals surface area contributed by atoms with Crippen LogP contribution in [-0.4, -0.2) is 18.2 Å². The Morgan fingerprint density at radius 3 is 2.00 bits per heavy atom. The maximum Gasteiger partial charge on any atom is 0.423 e. The van der Waals surface area contributed by atoms with E-state index in [9.17, 15) is 17.6 Å². The van der Waals surface area contributed by atoms with Crippen molar-refractivity contribution >= 4 is 11.6 Å². The first-order chi connectivity index (χ1) is 4.39. The van der Waals surface area contributed by atoms with Crippen molar-refractivity contribution in [2.45, 2.75) is 12.3 Å². The number of halogens is 5. The van der Waals surface area contributed by atoms with Crippen molar-refractivity contribution in [2.75, 3.05) is 5.88 Å². The van der Waals surface area contributed by atoms with E-state index in [-0.39, 0.29) is 0 Å². The Kier molecular flexibility index (Phi) is 3.15. The second kappa shape index (κ2) is 3.23. The van der Waals surface area contributed by atoms with Crippen LogP contribution >= 0.6 is 11.6 Å². The zero-order valence-corrected chi connectivity index (χ0v) is 5.64. The Morgan fingerprint density at radius 1 is 1.50 bits per heavy atom. The molecular formula is C5H5ClF4. The summed E-state index contributed by atoms with van der Waals surface area (Å²) in [5.74, 6) is -0.513. The number of hydrogen-bond donors (Lipinski definition) is 0. The molecule has 1 unspecified atom stereocenters. The maximum atomic E-state index is 12.0. The average molecular weight is 177 g/mol. The molecule has 0 aromatic carbocycles. The molecule has 10 heavy (non-hydrogen) atoms. The van der Waals surface area contributed by atoms with Gasteiger partial charge in [-0.25, -0.2) is 4.39 Å². The van der Waals surface area contributed by atoms with Gasteiger partial charge in [0.2, 0.25) is 6.17 Å². The minimum atomic E-state index is -4.87. The molecule has 0 amide bonds. The number of allylic oxidation sites excluding steroid dienone is 1. The highest BCUT2D eigenvalue weighted by atomic mass is 35.5. The summed E-state index contributed by atoms with van der Waals surface area (Å²) in [7, 11) is 0. The van der Waals surface area contributed by atoms with Gasteiger partial charge < -0.3 is 0 Å². The molecule has 0 aliphatic rings. The van der Waals surface area contributed by atoms with E-state index >= 15 is 0 Å². The summed E-state index contributed by atoms with van der Waals surface area (Å²) in [6.07, 6.45) is -7.86. The van der Waals surface area contributed by atoms with Gasteiger partial charge in [0.25, 0.3) is 0 Å². The quantitative estimate of drug-likeness (QED) is 0.345. The van der Waals surface area contributed by atoms with Crippen LogP contribution < -0.4 is 0 Å². The average Bonchev–Trinajstić information content (AvgIpc) is 1.83. The third-order valence-corrected chi connectivity index (χ3v) is 1.16. The lowest BCUT2D eigenvalue weighted by Gasteiger charge is -2.11. The summed E-state index contributed by atoms with van der Waals surface area (Å²) in [6.45, 7) is 2.81. The third kappa shape index (κ3) is 2.56. The Hall–Kier alpha value is -0.250. The highest BCUT2D eigenvalue weighted by Gasteiger charge is 2.41. The van der Waals surface area contributed by atoms with E-state index < -0.39 is 23.8 Å². The minimum Gasteiger partial charge on any atom is -0.233 e. The lowest BCUT2D eigenvalue weighted by Crippen LogP contribution is -2.26. The van der Waals surface area contributed by atoms with Crippen molar-refractivity contribution < 1.29 is 17.6 Å². The topological polar surface area (TPSA) is 0 Å². The van der Waals surface area contributed by atoms with Crippen molar-refractivity contribution in [1.29, 1.82) is 0 Å². The van der Waals surface area contributed by atoms with Gasteiger partial charge in [-0.15, -0.1) is 11.6 Å². The Bertz CT molecular complexity index is 128. The molecule has 0 bridgehead atoms. The smallest absolute Gasteiger partial charge is 0.233 e. The van der Waals surface area contributed by atoms with Crippen molar-refractivity contribution in [3.05, 3.63) is 12.2 Å². The molecule has 0 radical (unpaired) electrons. The molecule has 0 aliphatic heterocycles. The lowest BCUT2D eigenvalue weighted by atomic mass is 10.2. The van der Waals surface area contributed by atoms with Crippen LogP contribution in [0.2, 0.25) is 0 Å². The number of alkyl halides is 5. The monoisotopic (exact) mass is 176 g/mol. The molecule has 5 heteroatoms. The SMILES string of the molecule is C=C(CCl)C(F)C(F)(F)F. The fraction of sp³-hybridized carbons (Fsp3) is 0.600. The first kappa shape index (κ1) is 9.75. The van der Waals surface area contributed by atoms with E-state index in [1.165, 1.54) is 0 Å². The predicted octanol–water partition coefficient (Wildman–Crippen LogP) is 2.68. The van der Waals surface area contributed by atoms with Crippen LogP contribution in [0.25, 0.3) is 0 Å². The lowest BCUT2D eigenvalue weighted by molar-refractivity contribution is -0.169. The van der Waals surface area contributed by atoms with Crippen molar-refractivity contribution in [3.8, 4) is 0 Å². The summed E-state index contributed by atoms with van der Waals surface area (Å²) in [5.41, 5.74) is -0.658. The van der Waals surface area contributed by atoms with Crippen LogP contribution in [-0.2, 0) is 0 Å². The second-order valence-electron chi connectivity index (χ2n) is 1.70. The van der Waals surface area contributed by atoms with Gasteiger partial charge in [-0.1, -0.05) is 6.58 Å². The van der Waals surface area contributed by atoms with Gasteiger partial charge in [-0.3, -0.25) is 0 Å². The van der Waals surface area contributed by atoms with Crippen molar-refractivity contribution in [3.63, 3.8) is 0 Å². The highest BCUT2D eigenvalue weighted by Crippen LogP contribution is 2.27. The molecule has 0 aromatic heterocycles. The van der Waals surface area contributed by atoms with E-state index in [0.29, 0.717) is 0 Å². The Labute approximate surface area is 60.5 Å². The van der Waals surface area contributed by atoms with Gasteiger partial charge in [0.05, 0.1) is 0 Å². The van der Waals surface area contributed by atoms with Crippen LogP contribution in [0.5, 0.6) is 0 Å². The van der Waals surface area contributed by atoms with Gasteiger partial charge in [-0.05, 0) is 5.57 Å². The molecule has 0 fully saturated rings. The molecule has 0 saturated carbocycles. The van der Waals surface area contributed by atoms with Crippen LogP contribution in [0.1, 0.15) is 0 Å². The summed E-state index contributed by atoms with van der Waals surface area (Å²) in [4.78, 5) is 0. The molecule has 0 aromatic rings. The first-order valence-electron chi connectivity index (χ1n) is 2.34. The normalized spacial score (nSPS) is 14.9. The molecule has 0 aliphatic carbocycles. The maximum absolute atomic E-state index is 12.0. The van der Waals surface area contributed by atoms with E-state index in [1.807, 2.05) is 0 Å². The number of rotatable bonds is 2. The zero-order valence-electron chi connectivity index (χ0n) is 4.88. The molecule has 0 rings (SSSR count). The minimum absolute atomic E-state index is 0.513. The Morgan fingerprint density at radius 2 is 1.90 bits per heavy atom. The van der Waals surface area contributed by atoms with E-state index in [0.717, 1.165) is 0 Å². The number of hydrogen-bond acceptors (Lipinski definition) is 0. The summed E-state index contributed by atoms with van der Waals surface area (Å²) >= 11 is 4.91. The summed E-state index contributed by atoms with van der Waals surface area (Å²) in [6, 6.07) is 0. The Balaban J connectivity index is 4.08. The molecule has 0 N–H and O–H groups in total. The van der Waals surface area contributed by atoms with Crippen LogP contribution in [0.4, 0.5) is 17.6 Å². The van der Waals surface area contributed by atoms with E-state index in [2.05, 4.69) is 6.58 Å². The van der Waals surface area contributed by atoms with Crippen LogP contribution in [0, 0.1) is 0 Å². The van der Waals surface area contributed by atoms with Gasteiger partial charge in [0, 0.05) is 5.88 Å². The van der Waals surface area contributed by atoms with Crippen LogP contribution in [0.3, 0.4) is 0 Å².